The number of nitrogens with zero attached hydrogens (tertiary/aromatic N) is 2. The zero-order chi connectivity index (χ0) is 17.8. The second kappa shape index (κ2) is 7.27. The van der Waals surface area contributed by atoms with Crippen LogP contribution >= 0.6 is 0 Å². The van der Waals surface area contributed by atoms with Gasteiger partial charge in [0.25, 0.3) is 5.91 Å². The van der Waals surface area contributed by atoms with Gasteiger partial charge in [0.05, 0.1) is 0 Å². The first-order valence-corrected chi connectivity index (χ1v) is 8.74. The highest BCUT2D eigenvalue weighted by molar-refractivity contribution is 5.97. The van der Waals surface area contributed by atoms with E-state index in [0.29, 0.717) is 12.2 Å². The highest BCUT2D eigenvalue weighted by Crippen LogP contribution is 2.17. The summed E-state index contributed by atoms with van der Waals surface area (Å²) in [5, 5.41) is 4.02. The molecule has 0 aliphatic carbocycles. The molecule has 0 radical (unpaired) electrons. The van der Waals surface area contributed by atoms with E-state index in [1.165, 1.54) is 0 Å². The molecule has 4 rings (SSSR count). The minimum atomic E-state index is -0.0740. The maximum Gasteiger partial charge on any atom is 0.267 e. The maximum absolute atomic E-state index is 12.3. The Bertz CT molecular complexity index is 984. The third-order valence-corrected chi connectivity index (χ3v) is 4.38. The fraction of sp³-hybridized carbons (Fsp3) is 0.143. The van der Waals surface area contributed by atoms with E-state index in [1.807, 2.05) is 60.9 Å². The molecule has 1 amide bonds. The highest BCUT2D eigenvalue weighted by atomic mass is 16.1. The van der Waals surface area contributed by atoms with Crippen LogP contribution in [0.5, 0.6) is 0 Å². The Balaban J connectivity index is 1.33. The van der Waals surface area contributed by atoms with Gasteiger partial charge in [0.2, 0.25) is 0 Å². The fourth-order valence-electron chi connectivity index (χ4n) is 3.08. The van der Waals surface area contributed by atoms with Gasteiger partial charge in [-0.1, -0.05) is 48.5 Å². The first-order valence-electron chi connectivity index (χ1n) is 8.74. The number of aryl methyl sites for hydroxylation is 1. The predicted octanol–water partition coefficient (Wildman–Crippen LogP) is 3.85. The number of amides is 1. The molecule has 2 N–H and O–H groups in total. The molecular formula is C21H20N4O. The van der Waals surface area contributed by atoms with Crippen LogP contribution in [0.3, 0.4) is 0 Å². The van der Waals surface area contributed by atoms with Crippen molar-refractivity contribution in [3.63, 3.8) is 0 Å². The summed E-state index contributed by atoms with van der Waals surface area (Å²) < 4.78 is 2.12. The van der Waals surface area contributed by atoms with Crippen LogP contribution < -0.4 is 5.32 Å². The monoisotopic (exact) mass is 344 g/mol. The quantitative estimate of drug-likeness (QED) is 0.522. The van der Waals surface area contributed by atoms with E-state index < -0.39 is 0 Å². The molecule has 0 unspecified atom stereocenters. The molecule has 2 aromatic heterocycles. The fourth-order valence-corrected chi connectivity index (χ4v) is 3.08. The van der Waals surface area contributed by atoms with Crippen molar-refractivity contribution in [2.24, 2.45) is 0 Å². The number of H-pyrrole nitrogens is 1. The second-order valence-corrected chi connectivity index (χ2v) is 6.19. The number of rotatable bonds is 6. The van der Waals surface area contributed by atoms with Crippen LogP contribution in [0.15, 0.2) is 73.1 Å². The van der Waals surface area contributed by atoms with Crippen LogP contribution in [-0.4, -0.2) is 27.0 Å². The van der Waals surface area contributed by atoms with Crippen LogP contribution in [0, 0.1) is 0 Å². The van der Waals surface area contributed by atoms with Gasteiger partial charge in [-0.25, -0.2) is 4.98 Å². The van der Waals surface area contributed by atoms with Crippen molar-refractivity contribution in [1.82, 2.24) is 19.9 Å². The van der Waals surface area contributed by atoms with Gasteiger partial charge < -0.3 is 14.9 Å². The summed E-state index contributed by atoms with van der Waals surface area (Å²) in [6.45, 7) is 1.41. The van der Waals surface area contributed by atoms with E-state index in [2.05, 4.69) is 32.0 Å². The molecule has 0 aliphatic rings. The third kappa shape index (κ3) is 3.37. The van der Waals surface area contributed by atoms with Crippen molar-refractivity contribution in [3.8, 4) is 11.4 Å². The van der Waals surface area contributed by atoms with E-state index >= 15 is 0 Å². The van der Waals surface area contributed by atoms with E-state index in [9.17, 15) is 4.79 Å². The van der Waals surface area contributed by atoms with Gasteiger partial charge in [0, 0.05) is 41.9 Å². The number of aromatic amines is 1. The number of carbonyl (C=O) groups is 1. The van der Waals surface area contributed by atoms with E-state index in [-0.39, 0.29) is 5.91 Å². The summed E-state index contributed by atoms with van der Waals surface area (Å²) in [5.74, 6) is 0.877. The molecule has 5 heteroatoms. The number of para-hydroxylation sites is 1. The van der Waals surface area contributed by atoms with Crippen LogP contribution in [0.2, 0.25) is 0 Å². The number of imidazole rings is 1. The van der Waals surface area contributed by atoms with Crippen molar-refractivity contribution >= 4 is 16.8 Å². The lowest BCUT2D eigenvalue weighted by atomic mass is 10.2. The largest absolute Gasteiger partial charge is 0.351 e. The highest BCUT2D eigenvalue weighted by Gasteiger charge is 2.09. The maximum atomic E-state index is 12.3. The first kappa shape index (κ1) is 16.1. The summed E-state index contributed by atoms with van der Waals surface area (Å²) in [6.07, 6.45) is 4.62. The molecule has 5 nitrogen and oxygen atoms in total. The molecule has 0 saturated heterocycles. The molecule has 130 valence electrons. The zero-order valence-corrected chi connectivity index (χ0v) is 14.4. The molecule has 4 aromatic rings. The number of hydrogen-bond acceptors (Lipinski definition) is 2. The standard InChI is InChI=1S/C21H20N4O/c26-21(19-15-17-9-4-5-10-18(17)24-19)23-11-6-13-25-14-12-22-20(25)16-7-2-1-3-8-16/h1-5,7-10,12,14-15,24H,6,11,13H2,(H,23,26). The number of fused-ring (bicyclic) bond motifs is 1. The molecule has 2 heterocycles. The van der Waals surface area contributed by atoms with Crippen LogP contribution in [0.25, 0.3) is 22.3 Å². The molecule has 0 aliphatic heterocycles. The smallest absolute Gasteiger partial charge is 0.267 e. The van der Waals surface area contributed by atoms with E-state index in [1.54, 1.807) is 0 Å². The molecule has 0 saturated carbocycles. The Hall–Kier alpha value is -3.34. The van der Waals surface area contributed by atoms with Gasteiger partial charge in [-0.05, 0) is 18.6 Å². The van der Waals surface area contributed by atoms with Crippen LogP contribution in [0.1, 0.15) is 16.9 Å². The summed E-state index contributed by atoms with van der Waals surface area (Å²) >= 11 is 0. The average Bonchev–Trinajstić information content (AvgIpc) is 3.32. The first-order chi connectivity index (χ1) is 12.8. The van der Waals surface area contributed by atoms with Gasteiger partial charge in [0.1, 0.15) is 11.5 Å². The van der Waals surface area contributed by atoms with Crippen molar-refractivity contribution < 1.29 is 4.79 Å². The molecule has 0 bridgehead atoms. The zero-order valence-electron chi connectivity index (χ0n) is 14.4. The number of nitrogens with one attached hydrogen (secondary N) is 2. The Labute approximate surface area is 151 Å². The summed E-state index contributed by atoms with van der Waals surface area (Å²) in [5.41, 5.74) is 2.67. The second-order valence-electron chi connectivity index (χ2n) is 6.19. The van der Waals surface area contributed by atoms with Gasteiger partial charge in [-0.15, -0.1) is 0 Å². The van der Waals surface area contributed by atoms with E-state index in [4.69, 9.17) is 0 Å². The normalized spacial score (nSPS) is 10.9. The van der Waals surface area contributed by atoms with Crippen molar-refractivity contribution in [3.05, 3.63) is 78.8 Å². The number of aromatic nitrogens is 3. The predicted molar refractivity (Wildman–Crippen MR) is 103 cm³/mol. The molecule has 2 aromatic carbocycles. The molecule has 0 atom stereocenters. The summed E-state index contributed by atoms with van der Waals surface area (Å²) in [4.78, 5) is 19.9. The minimum absolute atomic E-state index is 0.0740. The van der Waals surface area contributed by atoms with Gasteiger partial charge >= 0.3 is 0 Å². The number of hydrogen-bond donors (Lipinski definition) is 2. The van der Waals surface area contributed by atoms with Crippen molar-refractivity contribution in [2.75, 3.05) is 6.54 Å². The lowest BCUT2D eigenvalue weighted by Crippen LogP contribution is -2.25. The molecule has 0 fully saturated rings. The number of benzene rings is 2. The van der Waals surface area contributed by atoms with Crippen LogP contribution in [0.4, 0.5) is 0 Å². The average molecular weight is 344 g/mol. The molecular weight excluding hydrogens is 324 g/mol. The van der Waals surface area contributed by atoms with Gasteiger partial charge in [0.15, 0.2) is 0 Å². The Morgan fingerprint density at radius 1 is 1.08 bits per heavy atom. The Morgan fingerprint density at radius 2 is 1.88 bits per heavy atom. The third-order valence-electron chi connectivity index (χ3n) is 4.38. The van der Waals surface area contributed by atoms with Gasteiger partial charge in [-0.2, -0.15) is 0 Å². The molecule has 26 heavy (non-hydrogen) atoms. The topological polar surface area (TPSA) is 62.7 Å². The summed E-state index contributed by atoms with van der Waals surface area (Å²) in [6, 6.07) is 19.9. The lowest BCUT2D eigenvalue weighted by Gasteiger charge is -2.08. The Kier molecular flexibility index (Phi) is 4.51. The van der Waals surface area contributed by atoms with Crippen LogP contribution in [-0.2, 0) is 6.54 Å². The summed E-state index contributed by atoms with van der Waals surface area (Å²) in [7, 11) is 0. The number of carbonyl (C=O) groups excluding carboxylic acids is 1. The lowest BCUT2D eigenvalue weighted by molar-refractivity contribution is 0.0948. The minimum Gasteiger partial charge on any atom is -0.351 e. The van der Waals surface area contributed by atoms with E-state index in [0.717, 1.165) is 35.3 Å². The SMILES string of the molecule is O=C(NCCCn1ccnc1-c1ccccc1)c1cc2ccccc2[nH]1. The molecule has 0 spiro atoms. The van der Waals surface area contributed by atoms with Crippen molar-refractivity contribution in [2.45, 2.75) is 13.0 Å². The van der Waals surface area contributed by atoms with Gasteiger partial charge in [-0.3, -0.25) is 4.79 Å². The Morgan fingerprint density at radius 3 is 2.73 bits per heavy atom. The van der Waals surface area contributed by atoms with Crippen molar-refractivity contribution in [1.29, 1.82) is 0 Å².